The predicted molar refractivity (Wildman–Crippen MR) is 123 cm³/mol. The SMILES string of the molecule is C=C(C)[C@H]1CCC(C(=O)OCC[Si](C)(C)C)=C=C[C@H](C(=C)C)c2cc(C)c(o2)C1. The molecule has 0 unspecified atom stereocenters. The lowest BCUT2D eigenvalue weighted by Crippen LogP contribution is -2.23. The molecule has 2 atom stereocenters. The van der Waals surface area contributed by atoms with E-state index < -0.39 is 8.07 Å². The van der Waals surface area contributed by atoms with E-state index in [-0.39, 0.29) is 17.8 Å². The molecule has 0 aliphatic carbocycles. The Balaban J connectivity index is 2.37. The number of hydrogen-bond acceptors (Lipinski definition) is 3. The number of rotatable bonds is 6. The van der Waals surface area contributed by atoms with Crippen LogP contribution >= 0.6 is 0 Å². The second kappa shape index (κ2) is 9.64. The fourth-order valence-corrected chi connectivity index (χ4v) is 4.10. The van der Waals surface area contributed by atoms with Crippen LogP contribution in [-0.4, -0.2) is 20.7 Å². The van der Waals surface area contributed by atoms with Crippen molar-refractivity contribution < 1.29 is 13.9 Å². The summed E-state index contributed by atoms with van der Waals surface area (Å²) in [5.74, 6) is 1.74. The topological polar surface area (TPSA) is 39.4 Å². The van der Waals surface area contributed by atoms with E-state index >= 15 is 0 Å². The molecule has 0 saturated carbocycles. The second-order valence-corrected chi connectivity index (χ2v) is 15.2. The van der Waals surface area contributed by atoms with Gasteiger partial charge in [-0.3, -0.25) is 0 Å². The van der Waals surface area contributed by atoms with Crippen molar-refractivity contribution in [2.75, 3.05) is 6.61 Å². The van der Waals surface area contributed by atoms with Crippen molar-refractivity contribution in [3.63, 3.8) is 0 Å². The Morgan fingerprint density at radius 1 is 1.28 bits per heavy atom. The average molecular weight is 413 g/mol. The van der Waals surface area contributed by atoms with Crippen LogP contribution in [0.1, 0.15) is 49.7 Å². The first-order chi connectivity index (χ1) is 13.5. The van der Waals surface area contributed by atoms with Gasteiger partial charge >= 0.3 is 5.97 Å². The van der Waals surface area contributed by atoms with Gasteiger partial charge in [0.1, 0.15) is 11.5 Å². The van der Waals surface area contributed by atoms with E-state index in [2.05, 4.69) is 51.5 Å². The highest BCUT2D eigenvalue weighted by Crippen LogP contribution is 2.33. The highest BCUT2D eigenvalue weighted by molar-refractivity contribution is 6.76. The molecule has 2 bridgehead atoms. The molecule has 0 spiro atoms. The summed E-state index contributed by atoms with van der Waals surface area (Å²) in [4.78, 5) is 12.8. The molecule has 1 aromatic rings. The van der Waals surface area contributed by atoms with Gasteiger partial charge in [0.25, 0.3) is 0 Å². The minimum absolute atomic E-state index is 0.103. The summed E-state index contributed by atoms with van der Waals surface area (Å²) in [5.41, 5.74) is 7.07. The molecule has 29 heavy (non-hydrogen) atoms. The van der Waals surface area contributed by atoms with Gasteiger partial charge < -0.3 is 9.15 Å². The molecule has 3 nitrogen and oxygen atoms in total. The van der Waals surface area contributed by atoms with E-state index in [1.54, 1.807) is 0 Å². The third-order valence-corrected chi connectivity index (χ3v) is 7.21. The number of allylic oxidation sites excluding steroid dienone is 2. The predicted octanol–water partition coefficient (Wildman–Crippen LogP) is 6.74. The zero-order valence-electron chi connectivity index (χ0n) is 19.0. The smallest absolute Gasteiger partial charge is 0.341 e. The molecule has 1 aromatic heterocycles. The van der Waals surface area contributed by atoms with Gasteiger partial charge in [-0.2, -0.15) is 0 Å². The summed E-state index contributed by atoms with van der Waals surface area (Å²) in [6, 6.07) is 3.04. The van der Waals surface area contributed by atoms with Crippen LogP contribution in [0.2, 0.25) is 25.7 Å². The maximum atomic E-state index is 12.8. The van der Waals surface area contributed by atoms with Crippen LogP contribution in [0.4, 0.5) is 0 Å². The van der Waals surface area contributed by atoms with E-state index in [4.69, 9.17) is 9.15 Å². The van der Waals surface area contributed by atoms with E-state index in [0.29, 0.717) is 18.6 Å². The van der Waals surface area contributed by atoms with Crippen molar-refractivity contribution in [2.45, 2.75) is 71.6 Å². The number of esters is 1. The Bertz CT molecular complexity index is 844. The summed E-state index contributed by atoms with van der Waals surface area (Å²) >= 11 is 0. The standard InChI is InChI=1S/C25H36O3Si/c1-17(2)21-10-9-20(25(26)27-13-14-29(6,7)8)11-12-22(18(3)4)24-15-19(5)23(16-21)28-24/h12,15,21-22H,1,3,9-10,13-14,16H2,2,4-8H3/t11?,21-,22+/m0/s1. The fraction of sp³-hybridized carbons (Fsp3) is 0.520. The van der Waals surface area contributed by atoms with Crippen LogP contribution in [0.15, 0.2) is 52.2 Å². The summed E-state index contributed by atoms with van der Waals surface area (Å²) in [5, 5.41) is 0. The molecule has 2 rings (SSSR count). The molecule has 0 N–H and O–H groups in total. The summed E-state index contributed by atoms with van der Waals surface area (Å²) < 4.78 is 11.8. The number of hydrogen-bond donors (Lipinski definition) is 0. The number of aryl methyl sites for hydroxylation is 1. The van der Waals surface area contributed by atoms with Crippen LogP contribution in [0.25, 0.3) is 0 Å². The number of carbonyl (C=O) groups excluding carboxylic acids is 1. The minimum Gasteiger partial charge on any atom is -0.465 e. The molecule has 0 radical (unpaired) electrons. The Morgan fingerprint density at radius 3 is 2.55 bits per heavy atom. The summed E-state index contributed by atoms with van der Waals surface area (Å²) in [6.45, 7) is 21.7. The van der Waals surface area contributed by atoms with Crippen LogP contribution in [0, 0.1) is 12.8 Å². The van der Waals surface area contributed by atoms with E-state index in [9.17, 15) is 4.79 Å². The lowest BCUT2D eigenvalue weighted by Gasteiger charge is -2.17. The zero-order chi connectivity index (χ0) is 21.8. The van der Waals surface area contributed by atoms with Gasteiger partial charge in [-0.25, -0.2) is 4.79 Å². The van der Waals surface area contributed by atoms with Crippen molar-refractivity contribution in [3.8, 4) is 0 Å². The van der Waals surface area contributed by atoms with E-state index in [1.807, 2.05) is 19.9 Å². The van der Waals surface area contributed by atoms with Crippen LogP contribution in [0.3, 0.4) is 0 Å². The van der Waals surface area contributed by atoms with Gasteiger partial charge in [0.05, 0.1) is 18.1 Å². The van der Waals surface area contributed by atoms with Crippen LogP contribution in [-0.2, 0) is 16.0 Å². The van der Waals surface area contributed by atoms with E-state index in [0.717, 1.165) is 47.1 Å². The lowest BCUT2D eigenvalue weighted by molar-refractivity contribution is -0.138. The zero-order valence-corrected chi connectivity index (χ0v) is 20.0. The largest absolute Gasteiger partial charge is 0.465 e. The third-order valence-electron chi connectivity index (χ3n) is 5.50. The second-order valence-electron chi connectivity index (χ2n) is 9.60. The number of carbonyl (C=O) groups is 1. The minimum atomic E-state index is -1.25. The average Bonchev–Trinajstić information content (AvgIpc) is 2.92. The maximum absolute atomic E-state index is 12.8. The van der Waals surface area contributed by atoms with Crippen molar-refractivity contribution in [1.29, 1.82) is 0 Å². The van der Waals surface area contributed by atoms with Crippen LogP contribution < -0.4 is 0 Å². The highest BCUT2D eigenvalue weighted by atomic mass is 28.3. The molecule has 0 fully saturated rings. The number of furan rings is 1. The Hall–Kier alpha value is -2.03. The van der Waals surface area contributed by atoms with E-state index in [1.165, 1.54) is 0 Å². The maximum Gasteiger partial charge on any atom is 0.341 e. The molecule has 0 amide bonds. The molecule has 1 aliphatic rings. The van der Waals surface area contributed by atoms with Gasteiger partial charge in [0, 0.05) is 14.5 Å². The monoisotopic (exact) mass is 412 g/mol. The molecule has 0 aromatic carbocycles. The van der Waals surface area contributed by atoms with Gasteiger partial charge in [0.15, 0.2) is 0 Å². The van der Waals surface area contributed by atoms with Crippen molar-refractivity contribution >= 4 is 14.0 Å². The van der Waals surface area contributed by atoms with Crippen molar-refractivity contribution in [3.05, 3.63) is 64.8 Å². The molecular formula is C25H36O3Si. The Kier molecular flexibility index (Phi) is 7.73. The van der Waals surface area contributed by atoms with Crippen molar-refractivity contribution in [1.82, 2.24) is 0 Å². The van der Waals surface area contributed by atoms with Crippen molar-refractivity contribution in [2.24, 2.45) is 5.92 Å². The molecule has 0 saturated heterocycles. The molecular weight excluding hydrogens is 376 g/mol. The highest BCUT2D eigenvalue weighted by Gasteiger charge is 2.23. The van der Waals surface area contributed by atoms with Gasteiger partial charge in [-0.15, -0.1) is 5.73 Å². The molecule has 158 valence electrons. The third kappa shape index (κ3) is 6.76. The molecule has 2 heterocycles. The first kappa shape index (κ1) is 23.2. The quantitative estimate of drug-likeness (QED) is 0.225. The molecule has 4 heteroatoms. The van der Waals surface area contributed by atoms with Gasteiger partial charge in [-0.1, -0.05) is 43.9 Å². The normalized spacial score (nSPS) is 19.9. The first-order valence-corrected chi connectivity index (χ1v) is 14.2. The lowest BCUT2D eigenvalue weighted by atomic mass is 9.89. The van der Waals surface area contributed by atoms with Crippen LogP contribution in [0.5, 0.6) is 0 Å². The Labute approximate surface area is 177 Å². The Morgan fingerprint density at radius 2 is 1.97 bits per heavy atom. The molecule has 1 aliphatic heterocycles. The number of fused-ring (bicyclic) bond motifs is 2. The number of ether oxygens (including phenoxy) is 1. The first-order valence-electron chi connectivity index (χ1n) is 10.5. The van der Waals surface area contributed by atoms with Gasteiger partial charge in [0.2, 0.25) is 0 Å². The fourth-order valence-electron chi connectivity index (χ4n) is 3.39. The summed E-state index contributed by atoms with van der Waals surface area (Å²) in [6.07, 6.45) is 4.14. The van der Waals surface area contributed by atoms with Gasteiger partial charge in [-0.05, 0) is 63.3 Å². The summed E-state index contributed by atoms with van der Waals surface area (Å²) in [7, 11) is -1.25.